The molecule has 0 aliphatic rings. The van der Waals surface area contributed by atoms with Gasteiger partial charge in [-0.05, 0) is 24.6 Å². The van der Waals surface area contributed by atoms with Gasteiger partial charge in [-0.2, -0.15) is 0 Å². The average Bonchev–Trinajstić information content (AvgIpc) is 2.48. The van der Waals surface area contributed by atoms with Gasteiger partial charge in [-0.25, -0.2) is 9.97 Å². The average molecular weight is 286 g/mol. The first-order valence-corrected chi connectivity index (χ1v) is 6.62. The molecule has 2 rings (SSSR count). The summed E-state index contributed by atoms with van der Waals surface area (Å²) in [5, 5.41) is 5.83. The quantitative estimate of drug-likeness (QED) is 0.795. The number of ether oxygens (including phenoxy) is 1. The molecule has 1 amide bonds. The third kappa shape index (κ3) is 4.54. The Labute approximate surface area is 123 Å². The highest BCUT2D eigenvalue weighted by Crippen LogP contribution is 2.11. The monoisotopic (exact) mass is 286 g/mol. The number of amides is 1. The van der Waals surface area contributed by atoms with Gasteiger partial charge in [0.05, 0.1) is 19.0 Å². The predicted octanol–water partition coefficient (Wildman–Crippen LogP) is 2.10. The molecule has 21 heavy (non-hydrogen) atoms. The van der Waals surface area contributed by atoms with E-state index in [-0.39, 0.29) is 11.6 Å². The van der Waals surface area contributed by atoms with E-state index < -0.39 is 0 Å². The van der Waals surface area contributed by atoms with Gasteiger partial charge in [-0.3, -0.25) is 4.79 Å². The van der Waals surface area contributed by atoms with E-state index in [4.69, 9.17) is 4.74 Å². The minimum absolute atomic E-state index is 0.272. The Bertz CT molecular complexity index is 599. The summed E-state index contributed by atoms with van der Waals surface area (Å²) in [7, 11) is 1.63. The summed E-state index contributed by atoms with van der Waals surface area (Å²) in [5.74, 6) is 0.329. The number of benzene rings is 1. The number of nitrogens with one attached hydrogen (secondary N) is 2. The van der Waals surface area contributed by atoms with Crippen LogP contribution in [-0.4, -0.2) is 36.1 Å². The molecule has 0 spiro atoms. The molecule has 1 aromatic heterocycles. The standard InChI is InChI=1S/C15H18N4O2/c1-11-4-3-5-12(8-11)19-15(20)13-9-18-14(10-17-13)16-6-7-21-2/h3-5,8-10H,6-7H2,1-2H3,(H,16,18)(H,19,20). The highest BCUT2D eigenvalue weighted by atomic mass is 16.5. The van der Waals surface area contributed by atoms with Crippen molar-refractivity contribution in [3.8, 4) is 0 Å². The lowest BCUT2D eigenvalue weighted by atomic mass is 10.2. The molecule has 6 heteroatoms. The second-order valence-electron chi connectivity index (χ2n) is 4.53. The van der Waals surface area contributed by atoms with Crippen molar-refractivity contribution in [1.29, 1.82) is 0 Å². The first kappa shape index (κ1) is 14.9. The van der Waals surface area contributed by atoms with E-state index in [1.165, 1.54) is 12.4 Å². The van der Waals surface area contributed by atoms with Gasteiger partial charge in [-0.1, -0.05) is 12.1 Å². The molecule has 1 aromatic carbocycles. The Kier molecular flexibility index (Phi) is 5.22. The molecule has 1 heterocycles. The van der Waals surface area contributed by atoms with Gasteiger partial charge in [0.2, 0.25) is 0 Å². The van der Waals surface area contributed by atoms with Gasteiger partial charge in [0.25, 0.3) is 5.91 Å². The maximum Gasteiger partial charge on any atom is 0.275 e. The largest absolute Gasteiger partial charge is 0.383 e. The predicted molar refractivity (Wildman–Crippen MR) is 81.5 cm³/mol. The number of methoxy groups -OCH3 is 1. The number of carbonyl (C=O) groups excluding carboxylic acids is 1. The summed E-state index contributed by atoms with van der Waals surface area (Å²) in [5.41, 5.74) is 2.09. The number of aryl methyl sites for hydroxylation is 1. The molecule has 2 N–H and O–H groups in total. The number of nitrogens with zero attached hydrogens (tertiary/aromatic N) is 2. The zero-order chi connectivity index (χ0) is 15.1. The Hall–Kier alpha value is -2.47. The Morgan fingerprint density at radius 2 is 2.14 bits per heavy atom. The second kappa shape index (κ2) is 7.35. The summed E-state index contributed by atoms with van der Waals surface area (Å²) in [4.78, 5) is 20.3. The van der Waals surface area contributed by atoms with Crippen LogP contribution in [0, 0.1) is 6.92 Å². The van der Waals surface area contributed by atoms with Gasteiger partial charge in [0.15, 0.2) is 0 Å². The Morgan fingerprint density at radius 3 is 2.81 bits per heavy atom. The number of carbonyl (C=O) groups is 1. The minimum atomic E-state index is -0.281. The third-order valence-corrected chi connectivity index (χ3v) is 2.77. The van der Waals surface area contributed by atoms with Crippen molar-refractivity contribution in [2.75, 3.05) is 30.9 Å². The second-order valence-corrected chi connectivity index (χ2v) is 4.53. The fourth-order valence-corrected chi connectivity index (χ4v) is 1.74. The summed E-state index contributed by atoms with van der Waals surface area (Å²) in [6.07, 6.45) is 2.97. The lowest BCUT2D eigenvalue weighted by Gasteiger charge is -2.07. The number of aromatic nitrogens is 2. The molecular weight excluding hydrogens is 268 g/mol. The van der Waals surface area contributed by atoms with Crippen molar-refractivity contribution in [1.82, 2.24) is 9.97 Å². The fraction of sp³-hybridized carbons (Fsp3) is 0.267. The van der Waals surface area contributed by atoms with Gasteiger partial charge >= 0.3 is 0 Å². The first-order valence-electron chi connectivity index (χ1n) is 6.62. The van der Waals surface area contributed by atoms with E-state index in [1.54, 1.807) is 7.11 Å². The number of anilines is 2. The van der Waals surface area contributed by atoms with Gasteiger partial charge in [-0.15, -0.1) is 0 Å². The molecule has 0 radical (unpaired) electrons. The van der Waals surface area contributed by atoms with E-state index in [0.717, 1.165) is 11.3 Å². The number of hydrogen-bond donors (Lipinski definition) is 2. The lowest BCUT2D eigenvalue weighted by molar-refractivity contribution is 0.102. The van der Waals surface area contributed by atoms with Crippen LogP contribution in [0.25, 0.3) is 0 Å². The van der Waals surface area contributed by atoms with E-state index >= 15 is 0 Å². The van der Waals surface area contributed by atoms with E-state index in [9.17, 15) is 4.79 Å². The van der Waals surface area contributed by atoms with Crippen molar-refractivity contribution in [3.63, 3.8) is 0 Å². The molecular formula is C15H18N4O2. The van der Waals surface area contributed by atoms with Crippen molar-refractivity contribution >= 4 is 17.4 Å². The van der Waals surface area contributed by atoms with Crippen LogP contribution in [0.2, 0.25) is 0 Å². The van der Waals surface area contributed by atoms with Crippen molar-refractivity contribution in [3.05, 3.63) is 47.9 Å². The summed E-state index contributed by atoms with van der Waals surface area (Å²) >= 11 is 0. The maximum absolute atomic E-state index is 12.0. The van der Waals surface area contributed by atoms with Crippen LogP contribution in [0.5, 0.6) is 0 Å². The zero-order valence-corrected chi connectivity index (χ0v) is 12.1. The molecule has 0 unspecified atom stereocenters. The topological polar surface area (TPSA) is 76.1 Å². The van der Waals surface area contributed by atoms with Gasteiger partial charge < -0.3 is 15.4 Å². The van der Waals surface area contributed by atoms with Crippen molar-refractivity contribution < 1.29 is 9.53 Å². The highest BCUT2D eigenvalue weighted by molar-refractivity contribution is 6.02. The molecule has 2 aromatic rings. The van der Waals surface area contributed by atoms with E-state index in [2.05, 4.69) is 20.6 Å². The molecule has 0 atom stereocenters. The van der Waals surface area contributed by atoms with Crippen LogP contribution >= 0.6 is 0 Å². The Balaban J connectivity index is 1.96. The Morgan fingerprint density at radius 1 is 1.29 bits per heavy atom. The maximum atomic E-state index is 12.0. The summed E-state index contributed by atoms with van der Waals surface area (Å²) < 4.78 is 4.93. The molecule has 0 aliphatic carbocycles. The normalized spacial score (nSPS) is 10.2. The highest BCUT2D eigenvalue weighted by Gasteiger charge is 2.08. The van der Waals surface area contributed by atoms with Crippen LogP contribution in [0.3, 0.4) is 0 Å². The molecule has 0 saturated heterocycles. The third-order valence-electron chi connectivity index (χ3n) is 2.77. The molecule has 110 valence electrons. The SMILES string of the molecule is COCCNc1cnc(C(=O)Nc2cccc(C)c2)cn1. The first-order chi connectivity index (χ1) is 10.2. The number of rotatable bonds is 6. The van der Waals surface area contributed by atoms with E-state index in [1.807, 2.05) is 31.2 Å². The molecule has 0 aliphatic heterocycles. The molecule has 0 bridgehead atoms. The van der Waals surface area contributed by atoms with Crippen molar-refractivity contribution in [2.24, 2.45) is 0 Å². The summed E-state index contributed by atoms with van der Waals surface area (Å²) in [6, 6.07) is 7.58. The summed E-state index contributed by atoms with van der Waals surface area (Å²) in [6.45, 7) is 3.19. The van der Waals surface area contributed by atoms with Gasteiger partial charge in [0.1, 0.15) is 11.5 Å². The smallest absolute Gasteiger partial charge is 0.275 e. The van der Waals surface area contributed by atoms with Crippen LogP contribution in [0.15, 0.2) is 36.7 Å². The molecule has 0 fully saturated rings. The van der Waals surface area contributed by atoms with Crippen LogP contribution in [0.4, 0.5) is 11.5 Å². The van der Waals surface area contributed by atoms with Crippen LogP contribution < -0.4 is 10.6 Å². The molecule has 0 saturated carbocycles. The van der Waals surface area contributed by atoms with Crippen molar-refractivity contribution in [2.45, 2.75) is 6.92 Å². The van der Waals surface area contributed by atoms with Crippen LogP contribution in [-0.2, 0) is 4.74 Å². The zero-order valence-electron chi connectivity index (χ0n) is 12.1. The van der Waals surface area contributed by atoms with E-state index in [0.29, 0.717) is 19.0 Å². The fourth-order valence-electron chi connectivity index (χ4n) is 1.74. The molecule has 6 nitrogen and oxygen atoms in total. The van der Waals surface area contributed by atoms with Gasteiger partial charge in [0, 0.05) is 19.3 Å². The lowest BCUT2D eigenvalue weighted by Crippen LogP contribution is -2.15. The number of hydrogen-bond acceptors (Lipinski definition) is 5. The van der Waals surface area contributed by atoms with Crippen LogP contribution in [0.1, 0.15) is 16.1 Å². The minimum Gasteiger partial charge on any atom is -0.383 e.